The highest BCUT2D eigenvalue weighted by molar-refractivity contribution is 5.75. The van der Waals surface area contributed by atoms with E-state index in [1.54, 1.807) is 0 Å². The summed E-state index contributed by atoms with van der Waals surface area (Å²) in [5.74, 6) is 0. The second-order valence-corrected chi connectivity index (χ2v) is 0.283. The zero-order chi connectivity index (χ0) is 3.58. The second-order valence-electron chi connectivity index (χ2n) is 0.283. The molecule has 2 N–H and O–H groups in total. The summed E-state index contributed by atoms with van der Waals surface area (Å²) in [6, 6.07) is 0. The van der Waals surface area contributed by atoms with Gasteiger partial charge in [-0.2, -0.15) is 0 Å². The summed E-state index contributed by atoms with van der Waals surface area (Å²) in [4.78, 5) is 8.56. The van der Waals surface area contributed by atoms with Gasteiger partial charge in [0.05, 0.1) is 0 Å². The fourth-order valence-corrected chi connectivity index (χ4v) is 0. The van der Waals surface area contributed by atoms with Crippen molar-refractivity contribution in [2.24, 2.45) is 0 Å². The fraction of sp³-hybridized carbons (Fsp3) is 0. The first kappa shape index (κ1) is 8.84. The van der Waals surface area contributed by atoms with Gasteiger partial charge >= 0.3 is 6.16 Å². The first-order chi connectivity index (χ1) is 1.73. The van der Waals surface area contributed by atoms with Crippen molar-refractivity contribution in [2.45, 2.75) is 0 Å². The van der Waals surface area contributed by atoms with Crippen molar-refractivity contribution >= 4 is 23.5 Å². The van der Waals surface area contributed by atoms with Gasteiger partial charge in [0.25, 0.3) is 0 Å². The molecule has 4 heteroatoms. The number of carbonyl (C=O) groups is 1. The van der Waals surface area contributed by atoms with Crippen molar-refractivity contribution in [2.75, 3.05) is 0 Å². The molecule has 3 radical (unpaired) electrons. The van der Waals surface area contributed by atoms with Crippen molar-refractivity contribution in [1.29, 1.82) is 0 Å². The standard InChI is InChI=1S/CH2O3.Al/c2-1(3)4;/h(H2,2,3,4);. The number of carboxylic acid groups (broad SMARTS) is 2. The average Bonchev–Trinajstić information content (AvgIpc) is 0.811. The molecule has 0 heterocycles. The van der Waals surface area contributed by atoms with Crippen LogP contribution in [0.15, 0.2) is 0 Å². The first-order valence-electron chi connectivity index (χ1n) is 0.651. The Morgan fingerprint density at radius 3 is 1.40 bits per heavy atom. The van der Waals surface area contributed by atoms with Crippen LogP contribution >= 0.6 is 0 Å². The van der Waals surface area contributed by atoms with Gasteiger partial charge in [0.15, 0.2) is 0 Å². The van der Waals surface area contributed by atoms with E-state index in [-0.39, 0.29) is 17.4 Å². The quantitative estimate of drug-likeness (QED) is 0.405. The Kier molecular flexibility index (Phi) is 6.72. The lowest BCUT2D eigenvalue weighted by atomic mass is 11.5. The highest BCUT2D eigenvalue weighted by atomic mass is 27.0. The molecule has 27 valence electrons. The van der Waals surface area contributed by atoms with Crippen molar-refractivity contribution < 1.29 is 15.0 Å². The Hall–Kier alpha value is -0.198. The van der Waals surface area contributed by atoms with Gasteiger partial charge in [0.2, 0.25) is 0 Å². The molecule has 0 unspecified atom stereocenters. The van der Waals surface area contributed by atoms with Crippen LogP contribution in [0.2, 0.25) is 0 Å². The highest BCUT2D eigenvalue weighted by Gasteiger charge is 1.70. The molecule has 0 amide bonds. The Bertz CT molecular complexity index is 29.9. The summed E-state index contributed by atoms with van der Waals surface area (Å²) < 4.78 is 0. The molecule has 0 aliphatic heterocycles. The second kappa shape index (κ2) is 3.80. The largest absolute Gasteiger partial charge is 0.503 e. The molecule has 5 heavy (non-hydrogen) atoms. The maximum Gasteiger partial charge on any atom is 0.503 e. The molecule has 0 spiro atoms. The monoisotopic (exact) mass is 89.0 g/mol. The van der Waals surface area contributed by atoms with E-state index in [0.29, 0.717) is 0 Å². The van der Waals surface area contributed by atoms with E-state index >= 15 is 0 Å². The average molecular weight is 89.0 g/mol. The molecule has 0 aromatic carbocycles. The van der Waals surface area contributed by atoms with Gasteiger partial charge in [0, 0.05) is 17.4 Å². The molecular weight excluding hydrogens is 87.0 g/mol. The molecule has 0 atom stereocenters. The summed E-state index contributed by atoms with van der Waals surface area (Å²) in [6.45, 7) is 0. The molecule has 0 aromatic heterocycles. The molecule has 3 nitrogen and oxygen atoms in total. The van der Waals surface area contributed by atoms with Crippen LogP contribution < -0.4 is 0 Å². The molecule has 0 saturated heterocycles. The smallest absolute Gasteiger partial charge is 0.450 e. The molecule has 0 rings (SSSR count). The summed E-state index contributed by atoms with van der Waals surface area (Å²) in [6.07, 6.45) is -1.83. The van der Waals surface area contributed by atoms with Crippen LogP contribution in [-0.2, 0) is 0 Å². The Morgan fingerprint density at radius 2 is 1.40 bits per heavy atom. The summed E-state index contributed by atoms with van der Waals surface area (Å²) >= 11 is 0. The van der Waals surface area contributed by atoms with E-state index < -0.39 is 6.16 Å². The topological polar surface area (TPSA) is 57.5 Å². The van der Waals surface area contributed by atoms with E-state index in [2.05, 4.69) is 0 Å². The van der Waals surface area contributed by atoms with Crippen LogP contribution in [0.5, 0.6) is 0 Å². The van der Waals surface area contributed by atoms with Gasteiger partial charge < -0.3 is 10.2 Å². The van der Waals surface area contributed by atoms with E-state index in [1.807, 2.05) is 0 Å². The zero-order valence-electron chi connectivity index (χ0n) is 2.38. The fourth-order valence-electron chi connectivity index (χ4n) is 0. The van der Waals surface area contributed by atoms with Crippen LogP contribution in [0.4, 0.5) is 4.79 Å². The van der Waals surface area contributed by atoms with Gasteiger partial charge in [-0.1, -0.05) is 0 Å². The lowest BCUT2D eigenvalue weighted by molar-refractivity contribution is 0.137. The number of hydrogen-bond donors (Lipinski definition) is 2. The highest BCUT2D eigenvalue weighted by Crippen LogP contribution is 1.42. The van der Waals surface area contributed by atoms with E-state index in [4.69, 9.17) is 15.0 Å². The maximum atomic E-state index is 8.56. The third kappa shape index (κ3) is 317. The maximum absolute atomic E-state index is 8.56. The lowest BCUT2D eigenvalue weighted by Crippen LogP contribution is -1.81. The van der Waals surface area contributed by atoms with E-state index in [9.17, 15) is 0 Å². The Labute approximate surface area is 39.4 Å². The van der Waals surface area contributed by atoms with Crippen LogP contribution in [-0.4, -0.2) is 33.7 Å². The van der Waals surface area contributed by atoms with Crippen LogP contribution in [0.1, 0.15) is 0 Å². The van der Waals surface area contributed by atoms with Crippen LogP contribution in [0.3, 0.4) is 0 Å². The lowest BCUT2D eigenvalue weighted by Gasteiger charge is -1.60. The van der Waals surface area contributed by atoms with Crippen molar-refractivity contribution in [3.8, 4) is 0 Å². The normalized spacial score (nSPS) is 4.80. The SMILES string of the molecule is O=C(O)O.[Al]. The summed E-state index contributed by atoms with van der Waals surface area (Å²) in [5.41, 5.74) is 0. The molecular formula is CH2AlO3. The first-order valence-corrected chi connectivity index (χ1v) is 0.651. The Balaban J connectivity index is 0. The van der Waals surface area contributed by atoms with Crippen molar-refractivity contribution in [1.82, 2.24) is 0 Å². The van der Waals surface area contributed by atoms with Crippen LogP contribution in [0, 0.1) is 0 Å². The molecule has 0 aliphatic carbocycles. The van der Waals surface area contributed by atoms with E-state index in [0.717, 1.165) is 0 Å². The van der Waals surface area contributed by atoms with Crippen molar-refractivity contribution in [3.63, 3.8) is 0 Å². The predicted octanol–water partition coefficient (Wildman–Crippen LogP) is -0.158. The molecule has 0 fully saturated rings. The Morgan fingerprint density at radius 1 is 1.40 bits per heavy atom. The minimum absolute atomic E-state index is 0. The minimum atomic E-state index is -1.83. The zero-order valence-corrected chi connectivity index (χ0v) is 3.53. The van der Waals surface area contributed by atoms with Crippen LogP contribution in [0.25, 0.3) is 0 Å². The third-order valence-corrected chi connectivity index (χ3v) is 0. The molecule has 0 saturated carbocycles. The molecule has 0 aromatic rings. The summed E-state index contributed by atoms with van der Waals surface area (Å²) in [7, 11) is 0. The molecule has 0 aliphatic rings. The van der Waals surface area contributed by atoms with Crippen molar-refractivity contribution in [3.05, 3.63) is 0 Å². The van der Waals surface area contributed by atoms with Gasteiger partial charge in [-0.05, 0) is 0 Å². The minimum Gasteiger partial charge on any atom is -0.450 e. The van der Waals surface area contributed by atoms with Gasteiger partial charge in [-0.25, -0.2) is 4.79 Å². The predicted molar refractivity (Wildman–Crippen MR) is 16.4 cm³/mol. The third-order valence-electron chi connectivity index (χ3n) is 0. The number of hydrogen-bond acceptors (Lipinski definition) is 1. The van der Waals surface area contributed by atoms with E-state index in [1.165, 1.54) is 0 Å². The van der Waals surface area contributed by atoms with Gasteiger partial charge in [-0.3, -0.25) is 0 Å². The molecule has 0 bridgehead atoms. The summed E-state index contributed by atoms with van der Waals surface area (Å²) in [5, 5.41) is 13.9. The van der Waals surface area contributed by atoms with Gasteiger partial charge in [-0.15, -0.1) is 0 Å². The van der Waals surface area contributed by atoms with Gasteiger partial charge in [0.1, 0.15) is 0 Å². The number of rotatable bonds is 0.